The van der Waals surface area contributed by atoms with E-state index in [1.165, 1.54) is 11.3 Å². The van der Waals surface area contributed by atoms with Crippen molar-refractivity contribution in [2.75, 3.05) is 5.32 Å². The van der Waals surface area contributed by atoms with E-state index in [9.17, 15) is 10.1 Å². The lowest BCUT2D eigenvalue weighted by Crippen LogP contribution is -2.32. The number of thiazole rings is 1. The van der Waals surface area contributed by atoms with Crippen LogP contribution >= 0.6 is 11.3 Å². The van der Waals surface area contributed by atoms with E-state index in [0.29, 0.717) is 18.7 Å². The largest absolute Gasteiger partial charge is 0.309 e. The van der Waals surface area contributed by atoms with E-state index in [0.717, 1.165) is 23.4 Å². The number of benzene rings is 1. The lowest BCUT2D eigenvalue weighted by Gasteiger charge is -2.18. The monoisotopic (exact) mass is 297 g/mol. The summed E-state index contributed by atoms with van der Waals surface area (Å²) in [7, 11) is 0. The number of carbonyl (C=O) groups excluding carboxylic acids is 1. The number of amides is 1. The van der Waals surface area contributed by atoms with Gasteiger partial charge < -0.3 is 5.32 Å². The van der Waals surface area contributed by atoms with Crippen molar-refractivity contribution in [1.82, 2.24) is 4.98 Å². The van der Waals surface area contributed by atoms with E-state index in [4.69, 9.17) is 0 Å². The molecule has 106 valence electrons. The first-order valence-corrected chi connectivity index (χ1v) is 7.85. The van der Waals surface area contributed by atoms with Gasteiger partial charge in [0.05, 0.1) is 6.07 Å². The minimum Gasteiger partial charge on any atom is -0.309 e. The SMILES string of the molecule is N#CC1(C(=O)Nc2csc(-c3ccccc3)n2)CCCC1. The van der Waals surface area contributed by atoms with Crippen molar-refractivity contribution in [2.24, 2.45) is 5.41 Å². The fourth-order valence-electron chi connectivity index (χ4n) is 2.65. The number of nitrogens with one attached hydrogen (secondary N) is 1. The fourth-order valence-corrected chi connectivity index (χ4v) is 3.41. The molecule has 0 saturated heterocycles. The van der Waals surface area contributed by atoms with Gasteiger partial charge in [-0.15, -0.1) is 11.3 Å². The number of aromatic nitrogens is 1. The number of anilines is 1. The topological polar surface area (TPSA) is 65.8 Å². The van der Waals surface area contributed by atoms with E-state index in [2.05, 4.69) is 16.4 Å². The van der Waals surface area contributed by atoms with Gasteiger partial charge in [0.2, 0.25) is 5.91 Å². The molecule has 1 aliphatic rings. The maximum Gasteiger partial charge on any atom is 0.246 e. The molecule has 1 amide bonds. The number of hydrogen-bond donors (Lipinski definition) is 1. The first-order valence-electron chi connectivity index (χ1n) is 6.97. The number of nitriles is 1. The van der Waals surface area contributed by atoms with Gasteiger partial charge in [-0.2, -0.15) is 5.26 Å². The highest BCUT2D eigenvalue weighted by Crippen LogP contribution is 2.38. The highest BCUT2D eigenvalue weighted by molar-refractivity contribution is 7.13. The zero-order chi connectivity index (χ0) is 14.7. The van der Waals surface area contributed by atoms with Crippen molar-refractivity contribution in [2.45, 2.75) is 25.7 Å². The Kier molecular flexibility index (Phi) is 3.72. The van der Waals surface area contributed by atoms with Crippen LogP contribution in [0.5, 0.6) is 0 Å². The molecule has 2 aromatic rings. The van der Waals surface area contributed by atoms with Gasteiger partial charge in [-0.25, -0.2) is 4.98 Å². The zero-order valence-electron chi connectivity index (χ0n) is 11.5. The van der Waals surface area contributed by atoms with Crippen LogP contribution < -0.4 is 5.32 Å². The number of carbonyl (C=O) groups is 1. The van der Waals surface area contributed by atoms with Gasteiger partial charge in [-0.05, 0) is 12.8 Å². The van der Waals surface area contributed by atoms with E-state index >= 15 is 0 Å². The van der Waals surface area contributed by atoms with Crippen LogP contribution in [0.25, 0.3) is 10.6 Å². The van der Waals surface area contributed by atoms with Gasteiger partial charge >= 0.3 is 0 Å². The molecule has 0 radical (unpaired) electrons. The quantitative estimate of drug-likeness (QED) is 0.936. The van der Waals surface area contributed by atoms with Crippen molar-refractivity contribution in [3.63, 3.8) is 0 Å². The summed E-state index contributed by atoms with van der Waals surface area (Å²) in [6, 6.07) is 12.0. The van der Waals surface area contributed by atoms with Gasteiger partial charge in [0.1, 0.15) is 16.2 Å². The molecule has 0 spiro atoms. The van der Waals surface area contributed by atoms with Gasteiger partial charge in [0.25, 0.3) is 0 Å². The molecule has 1 saturated carbocycles. The molecule has 4 nitrogen and oxygen atoms in total. The molecule has 1 aromatic carbocycles. The molecular formula is C16H15N3OS. The molecule has 1 heterocycles. The van der Waals surface area contributed by atoms with E-state index < -0.39 is 5.41 Å². The normalized spacial score (nSPS) is 16.3. The predicted octanol–water partition coefficient (Wildman–Crippen LogP) is 3.83. The Labute approximate surface area is 127 Å². The second kappa shape index (κ2) is 5.66. The molecule has 1 aromatic heterocycles. The summed E-state index contributed by atoms with van der Waals surface area (Å²) < 4.78 is 0. The minimum absolute atomic E-state index is 0.215. The smallest absolute Gasteiger partial charge is 0.246 e. The van der Waals surface area contributed by atoms with Crippen molar-refractivity contribution >= 4 is 23.1 Å². The Morgan fingerprint density at radius 3 is 2.67 bits per heavy atom. The van der Waals surface area contributed by atoms with Crippen LogP contribution in [-0.2, 0) is 4.79 Å². The number of hydrogen-bond acceptors (Lipinski definition) is 4. The highest BCUT2D eigenvalue weighted by atomic mass is 32.1. The summed E-state index contributed by atoms with van der Waals surface area (Å²) in [6.07, 6.45) is 3.16. The van der Waals surface area contributed by atoms with Crippen LogP contribution in [0.1, 0.15) is 25.7 Å². The average Bonchev–Trinajstić information content (AvgIpc) is 3.18. The Balaban J connectivity index is 1.76. The van der Waals surface area contributed by atoms with Crippen molar-refractivity contribution in [3.05, 3.63) is 35.7 Å². The van der Waals surface area contributed by atoms with Gasteiger partial charge in [-0.3, -0.25) is 4.79 Å². The molecule has 1 aliphatic carbocycles. The van der Waals surface area contributed by atoms with E-state index in [1.807, 2.05) is 35.7 Å². The lowest BCUT2D eigenvalue weighted by atomic mass is 9.87. The average molecular weight is 297 g/mol. The highest BCUT2D eigenvalue weighted by Gasteiger charge is 2.41. The van der Waals surface area contributed by atoms with Crippen LogP contribution in [0.3, 0.4) is 0 Å². The molecule has 0 atom stereocenters. The van der Waals surface area contributed by atoms with Crippen LogP contribution in [0.4, 0.5) is 5.82 Å². The fraction of sp³-hybridized carbons (Fsp3) is 0.312. The first-order chi connectivity index (χ1) is 10.2. The van der Waals surface area contributed by atoms with Crippen molar-refractivity contribution < 1.29 is 4.79 Å². The second-order valence-corrected chi connectivity index (χ2v) is 6.12. The maximum absolute atomic E-state index is 12.3. The summed E-state index contributed by atoms with van der Waals surface area (Å²) in [6.45, 7) is 0. The van der Waals surface area contributed by atoms with Crippen LogP contribution in [0, 0.1) is 16.7 Å². The van der Waals surface area contributed by atoms with Crippen molar-refractivity contribution in [1.29, 1.82) is 5.26 Å². The second-order valence-electron chi connectivity index (χ2n) is 5.26. The Hall–Kier alpha value is -2.19. The van der Waals surface area contributed by atoms with Crippen molar-refractivity contribution in [3.8, 4) is 16.6 Å². The molecule has 1 fully saturated rings. The molecule has 3 rings (SSSR count). The first kappa shape index (κ1) is 13.8. The maximum atomic E-state index is 12.3. The van der Waals surface area contributed by atoms with Gasteiger partial charge in [0, 0.05) is 10.9 Å². The number of nitrogens with zero attached hydrogens (tertiary/aromatic N) is 2. The van der Waals surface area contributed by atoms with Crippen LogP contribution in [-0.4, -0.2) is 10.9 Å². The molecule has 1 N–H and O–H groups in total. The summed E-state index contributed by atoms with van der Waals surface area (Å²) >= 11 is 1.48. The third-order valence-electron chi connectivity index (χ3n) is 3.87. The predicted molar refractivity (Wildman–Crippen MR) is 82.7 cm³/mol. The van der Waals surface area contributed by atoms with Gasteiger partial charge in [0.15, 0.2) is 0 Å². The molecule has 0 unspecified atom stereocenters. The summed E-state index contributed by atoms with van der Waals surface area (Å²) in [4.78, 5) is 16.8. The summed E-state index contributed by atoms with van der Waals surface area (Å²) in [5.41, 5.74) is 0.162. The Bertz CT molecular complexity index is 681. The summed E-state index contributed by atoms with van der Waals surface area (Å²) in [5, 5.41) is 14.8. The zero-order valence-corrected chi connectivity index (χ0v) is 12.3. The van der Waals surface area contributed by atoms with E-state index in [1.54, 1.807) is 0 Å². The molecular weight excluding hydrogens is 282 g/mol. The third-order valence-corrected chi connectivity index (χ3v) is 4.76. The van der Waals surface area contributed by atoms with Crippen LogP contribution in [0.15, 0.2) is 35.7 Å². The molecule has 21 heavy (non-hydrogen) atoms. The third kappa shape index (κ3) is 2.67. The molecule has 5 heteroatoms. The van der Waals surface area contributed by atoms with Crippen LogP contribution in [0.2, 0.25) is 0 Å². The molecule has 0 bridgehead atoms. The standard InChI is InChI=1S/C16H15N3OS/c17-11-16(8-4-5-9-16)15(20)19-13-10-21-14(18-13)12-6-2-1-3-7-12/h1-3,6-7,10H,4-5,8-9H2,(H,19,20). The number of rotatable bonds is 3. The Morgan fingerprint density at radius 2 is 2.00 bits per heavy atom. The summed E-state index contributed by atoms with van der Waals surface area (Å²) in [5.74, 6) is 0.317. The minimum atomic E-state index is -0.865. The molecule has 0 aliphatic heterocycles. The van der Waals surface area contributed by atoms with Gasteiger partial charge in [-0.1, -0.05) is 43.2 Å². The van der Waals surface area contributed by atoms with E-state index in [-0.39, 0.29) is 5.91 Å². The Morgan fingerprint density at radius 1 is 1.29 bits per heavy atom. The lowest BCUT2D eigenvalue weighted by molar-refractivity contribution is -0.122.